The lowest BCUT2D eigenvalue weighted by molar-refractivity contribution is -0.128. The first kappa shape index (κ1) is 15.8. The van der Waals surface area contributed by atoms with Crippen LogP contribution in [0.4, 0.5) is 5.69 Å². The van der Waals surface area contributed by atoms with Gasteiger partial charge in [0.05, 0.1) is 0 Å². The van der Waals surface area contributed by atoms with E-state index in [4.69, 9.17) is 0 Å². The fourth-order valence-electron chi connectivity index (χ4n) is 2.87. The van der Waals surface area contributed by atoms with Crippen LogP contribution in [0, 0.1) is 0 Å². The van der Waals surface area contributed by atoms with Gasteiger partial charge in [-0.25, -0.2) is 0 Å². The summed E-state index contributed by atoms with van der Waals surface area (Å²) >= 11 is 0. The molecule has 1 fully saturated rings. The largest absolute Gasteiger partial charge is 0.383 e. The number of rotatable bonds is 6. The first-order chi connectivity index (χ1) is 10.0. The Hall–Kier alpha value is -1.55. The van der Waals surface area contributed by atoms with Crippen molar-refractivity contribution in [3.8, 4) is 0 Å². The molecule has 1 saturated heterocycles. The van der Waals surface area contributed by atoms with Crippen molar-refractivity contribution in [2.45, 2.75) is 51.7 Å². The minimum atomic E-state index is 0.0917. The predicted octanol–water partition coefficient (Wildman–Crippen LogP) is 2.61. The second-order valence-corrected chi connectivity index (χ2v) is 6.15. The van der Waals surface area contributed by atoms with E-state index in [0.717, 1.165) is 24.2 Å². The van der Waals surface area contributed by atoms with E-state index >= 15 is 0 Å². The number of nitrogens with one attached hydrogen (secondary N) is 2. The molecule has 0 spiro atoms. The zero-order valence-electron chi connectivity index (χ0n) is 13.4. The number of carbonyl (C=O) groups excluding carboxylic acids is 1. The average Bonchev–Trinajstić information content (AvgIpc) is 2.91. The standard InChI is InChI=1S/C17H27N3O/c1-13(10-16-8-5-9-18-16)19-17-7-4-6-15(11-17)12-20(3)14(2)21/h4,6-7,11,13,16,18-19H,5,8-10,12H2,1-3H3. The summed E-state index contributed by atoms with van der Waals surface area (Å²) in [7, 11) is 1.83. The third-order valence-electron chi connectivity index (χ3n) is 4.10. The maximum Gasteiger partial charge on any atom is 0.219 e. The molecule has 0 bridgehead atoms. The Morgan fingerprint density at radius 1 is 1.52 bits per heavy atom. The highest BCUT2D eigenvalue weighted by Crippen LogP contribution is 2.17. The molecule has 1 aromatic rings. The van der Waals surface area contributed by atoms with E-state index in [1.54, 1.807) is 11.8 Å². The SMILES string of the molecule is CC(=O)N(C)Cc1cccc(NC(C)CC2CCCN2)c1. The van der Waals surface area contributed by atoms with Crippen LogP contribution in [-0.2, 0) is 11.3 Å². The lowest BCUT2D eigenvalue weighted by Crippen LogP contribution is -2.29. The van der Waals surface area contributed by atoms with Gasteiger partial charge >= 0.3 is 0 Å². The zero-order valence-corrected chi connectivity index (χ0v) is 13.4. The van der Waals surface area contributed by atoms with Crippen molar-refractivity contribution in [2.75, 3.05) is 18.9 Å². The van der Waals surface area contributed by atoms with Crippen molar-refractivity contribution in [1.29, 1.82) is 0 Å². The molecule has 2 unspecified atom stereocenters. The van der Waals surface area contributed by atoms with Crippen LogP contribution >= 0.6 is 0 Å². The van der Waals surface area contributed by atoms with Gasteiger partial charge in [0.2, 0.25) is 5.91 Å². The van der Waals surface area contributed by atoms with E-state index in [1.165, 1.54) is 12.8 Å². The van der Waals surface area contributed by atoms with Gasteiger partial charge in [-0.1, -0.05) is 12.1 Å². The van der Waals surface area contributed by atoms with E-state index in [0.29, 0.717) is 18.6 Å². The molecule has 4 heteroatoms. The van der Waals surface area contributed by atoms with E-state index in [-0.39, 0.29) is 5.91 Å². The molecule has 21 heavy (non-hydrogen) atoms. The first-order valence-corrected chi connectivity index (χ1v) is 7.85. The Bertz CT molecular complexity index is 469. The highest BCUT2D eigenvalue weighted by molar-refractivity contribution is 5.72. The monoisotopic (exact) mass is 289 g/mol. The molecule has 1 aliphatic rings. The molecule has 0 aliphatic carbocycles. The Balaban J connectivity index is 1.89. The van der Waals surface area contributed by atoms with Gasteiger partial charge in [-0.15, -0.1) is 0 Å². The molecule has 0 radical (unpaired) electrons. The Morgan fingerprint density at radius 3 is 3.00 bits per heavy atom. The average molecular weight is 289 g/mol. The maximum atomic E-state index is 11.3. The maximum absolute atomic E-state index is 11.3. The minimum absolute atomic E-state index is 0.0917. The normalized spacial score (nSPS) is 19.3. The summed E-state index contributed by atoms with van der Waals surface area (Å²) in [6, 6.07) is 9.44. The number of anilines is 1. The van der Waals surface area contributed by atoms with E-state index < -0.39 is 0 Å². The summed E-state index contributed by atoms with van der Waals surface area (Å²) in [5.74, 6) is 0.0917. The van der Waals surface area contributed by atoms with Crippen LogP contribution in [-0.4, -0.2) is 36.5 Å². The van der Waals surface area contributed by atoms with Gasteiger partial charge in [-0.3, -0.25) is 4.79 Å². The van der Waals surface area contributed by atoms with Crippen LogP contribution in [0.3, 0.4) is 0 Å². The number of amides is 1. The summed E-state index contributed by atoms with van der Waals surface area (Å²) in [6.07, 6.45) is 3.73. The fraction of sp³-hybridized carbons (Fsp3) is 0.588. The number of carbonyl (C=O) groups is 1. The van der Waals surface area contributed by atoms with Crippen LogP contribution in [0.1, 0.15) is 38.7 Å². The van der Waals surface area contributed by atoms with Crippen molar-refractivity contribution in [3.05, 3.63) is 29.8 Å². The number of nitrogens with zero attached hydrogens (tertiary/aromatic N) is 1. The molecule has 1 aromatic carbocycles. The first-order valence-electron chi connectivity index (χ1n) is 7.85. The smallest absolute Gasteiger partial charge is 0.219 e. The van der Waals surface area contributed by atoms with Crippen LogP contribution in [0.15, 0.2) is 24.3 Å². The molecule has 2 N–H and O–H groups in total. The van der Waals surface area contributed by atoms with Gasteiger partial charge in [0.1, 0.15) is 0 Å². The quantitative estimate of drug-likeness (QED) is 0.846. The molecule has 2 atom stereocenters. The third-order valence-corrected chi connectivity index (χ3v) is 4.10. The van der Waals surface area contributed by atoms with Crippen molar-refractivity contribution >= 4 is 11.6 Å². The van der Waals surface area contributed by atoms with Crippen molar-refractivity contribution < 1.29 is 4.79 Å². The molecule has 116 valence electrons. The number of hydrogen-bond donors (Lipinski definition) is 2. The third kappa shape index (κ3) is 5.05. The molecule has 1 aliphatic heterocycles. The van der Waals surface area contributed by atoms with Crippen molar-refractivity contribution in [1.82, 2.24) is 10.2 Å². The zero-order chi connectivity index (χ0) is 15.2. The van der Waals surface area contributed by atoms with Crippen molar-refractivity contribution in [3.63, 3.8) is 0 Å². The highest BCUT2D eigenvalue weighted by atomic mass is 16.2. The highest BCUT2D eigenvalue weighted by Gasteiger charge is 2.16. The summed E-state index contributed by atoms with van der Waals surface area (Å²) in [5, 5.41) is 7.11. The summed E-state index contributed by atoms with van der Waals surface area (Å²) < 4.78 is 0. The van der Waals surface area contributed by atoms with Gasteiger partial charge in [0.25, 0.3) is 0 Å². The minimum Gasteiger partial charge on any atom is -0.383 e. The van der Waals surface area contributed by atoms with E-state index in [9.17, 15) is 4.79 Å². The van der Waals surface area contributed by atoms with Crippen LogP contribution in [0.25, 0.3) is 0 Å². The van der Waals surface area contributed by atoms with E-state index in [2.05, 4.69) is 35.8 Å². The molecular weight excluding hydrogens is 262 g/mol. The lowest BCUT2D eigenvalue weighted by Gasteiger charge is -2.20. The van der Waals surface area contributed by atoms with E-state index in [1.807, 2.05) is 13.1 Å². The Morgan fingerprint density at radius 2 is 2.33 bits per heavy atom. The van der Waals surface area contributed by atoms with Crippen LogP contribution in [0.5, 0.6) is 0 Å². The second kappa shape index (κ2) is 7.46. The molecule has 0 aromatic heterocycles. The van der Waals surface area contributed by atoms with Gasteiger partial charge in [0, 0.05) is 38.3 Å². The van der Waals surface area contributed by atoms with Crippen LogP contribution in [0.2, 0.25) is 0 Å². The summed E-state index contributed by atoms with van der Waals surface area (Å²) in [4.78, 5) is 13.0. The molecule has 4 nitrogen and oxygen atoms in total. The molecule has 1 heterocycles. The predicted molar refractivity (Wildman–Crippen MR) is 87.3 cm³/mol. The van der Waals surface area contributed by atoms with Crippen molar-refractivity contribution in [2.24, 2.45) is 0 Å². The fourth-order valence-corrected chi connectivity index (χ4v) is 2.87. The Kier molecular flexibility index (Phi) is 5.62. The Labute approximate surface area is 127 Å². The topological polar surface area (TPSA) is 44.4 Å². The number of benzene rings is 1. The van der Waals surface area contributed by atoms with Gasteiger partial charge < -0.3 is 15.5 Å². The number of hydrogen-bond acceptors (Lipinski definition) is 3. The molecular formula is C17H27N3O. The second-order valence-electron chi connectivity index (χ2n) is 6.15. The van der Waals surface area contributed by atoms with Gasteiger partial charge in [-0.05, 0) is 50.4 Å². The van der Waals surface area contributed by atoms with Gasteiger partial charge in [0.15, 0.2) is 0 Å². The summed E-state index contributed by atoms with van der Waals surface area (Å²) in [6.45, 7) is 5.64. The lowest BCUT2D eigenvalue weighted by atomic mass is 10.1. The van der Waals surface area contributed by atoms with Crippen LogP contribution < -0.4 is 10.6 Å². The summed E-state index contributed by atoms with van der Waals surface area (Å²) in [5.41, 5.74) is 2.29. The van der Waals surface area contributed by atoms with Gasteiger partial charge in [-0.2, -0.15) is 0 Å². The molecule has 0 saturated carbocycles. The molecule has 1 amide bonds. The molecule has 2 rings (SSSR count).